The van der Waals surface area contributed by atoms with E-state index in [0.717, 1.165) is 11.3 Å². The highest BCUT2D eigenvalue weighted by Gasteiger charge is 2.10. The third-order valence-corrected chi connectivity index (χ3v) is 2.15. The van der Waals surface area contributed by atoms with Gasteiger partial charge in [-0.1, -0.05) is 12.1 Å². The van der Waals surface area contributed by atoms with E-state index in [1.165, 1.54) is 12.7 Å². The summed E-state index contributed by atoms with van der Waals surface area (Å²) in [5.74, 6) is 0.210. The summed E-state index contributed by atoms with van der Waals surface area (Å²) in [4.78, 5) is 15.2. The van der Waals surface area contributed by atoms with Crippen molar-refractivity contribution in [3.05, 3.63) is 48.2 Å². The van der Waals surface area contributed by atoms with E-state index in [4.69, 9.17) is 13.9 Å². The Kier molecular flexibility index (Phi) is 3.40. The van der Waals surface area contributed by atoms with Gasteiger partial charge in [0.2, 0.25) is 0 Å². The molecule has 17 heavy (non-hydrogen) atoms. The van der Waals surface area contributed by atoms with Crippen LogP contribution in [0.2, 0.25) is 0 Å². The Hall–Kier alpha value is -2.30. The number of benzene rings is 1. The number of aromatic nitrogens is 1. The summed E-state index contributed by atoms with van der Waals surface area (Å²) < 4.78 is 14.8. The Labute approximate surface area is 98.0 Å². The average Bonchev–Trinajstić information content (AvgIpc) is 2.90. The maximum absolute atomic E-state index is 11.5. The second-order valence-corrected chi connectivity index (χ2v) is 3.30. The minimum absolute atomic E-state index is 0.160. The topological polar surface area (TPSA) is 61.6 Å². The van der Waals surface area contributed by atoms with Crippen LogP contribution in [0, 0.1) is 0 Å². The molecule has 0 amide bonds. The molecule has 1 aromatic heterocycles. The van der Waals surface area contributed by atoms with E-state index in [9.17, 15) is 4.79 Å². The SMILES string of the molecule is COc1cccc(COC(=O)c2cocn2)c1. The lowest BCUT2D eigenvalue weighted by Crippen LogP contribution is -2.05. The zero-order valence-electron chi connectivity index (χ0n) is 9.25. The van der Waals surface area contributed by atoms with Crippen LogP contribution in [0.5, 0.6) is 5.75 Å². The molecule has 5 heteroatoms. The third-order valence-electron chi connectivity index (χ3n) is 2.15. The Morgan fingerprint density at radius 3 is 3.06 bits per heavy atom. The molecule has 0 unspecified atom stereocenters. The van der Waals surface area contributed by atoms with Crippen LogP contribution in [0.4, 0.5) is 0 Å². The van der Waals surface area contributed by atoms with E-state index in [1.54, 1.807) is 13.2 Å². The molecule has 0 saturated carbocycles. The van der Waals surface area contributed by atoms with Crippen LogP contribution >= 0.6 is 0 Å². The van der Waals surface area contributed by atoms with Crippen LogP contribution in [0.25, 0.3) is 0 Å². The molecule has 1 heterocycles. The molecular weight excluding hydrogens is 222 g/mol. The number of esters is 1. The zero-order valence-corrected chi connectivity index (χ0v) is 9.25. The van der Waals surface area contributed by atoms with Gasteiger partial charge in [0, 0.05) is 0 Å². The molecule has 0 bridgehead atoms. The molecule has 0 fully saturated rings. The van der Waals surface area contributed by atoms with Crippen molar-refractivity contribution in [2.75, 3.05) is 7.11 Å². The summed E-state index contributed by atoms with van der Waals surface area (Å²) in [7, 11) is 1.58. The molecular formula is C12H11NO4. The molecule has 0 radical (unpaired) electrons. The zero-order chi connectivity index (χ0) is 12.1. The largest absolute Gasteiger partial charge is 0.497 e. The van der Waals surface area contributed by atoms with Crippen LogP contribution in [-0.4, -0.2) is 18.1 Å². The van der Waals surface area contributed by atoms with Crippen LogP contribution in [0.1, 0.15) is 16.1 Å². The van der Waals surface area contributed by atoms with Crippen molar-refractivity contribution in [1.29, 1.82) is 0 Å². The van der Waals surface area contributed by atoms with Crippen LogP contribution < -0.4 is 4.74 Å². The quantitative estimate of drug-likeness (QED) is 0.756. The molecule has 0 aliphatic rings. The first kappa shape index (κ1) is 11.2. The Balaban J connectivity index is 1.95. The normalized spacial score (nSPS) is 9.94. The molecule has 5 nitrogen and oxygen atoms in total. The van der Waals surface area contributed by atoms with Crippen molar-refractivity contribution in [2.45, 2.75) is 6.61 Å². The molecule has 0 N–H and O–H groups in total. The van der Waals surface area contributed by atoms with Crippen molar-refractivity contribution >= 4 is 5.97 Å². The number of hydrogen-bond donors (Lipinski definition) is 0. The van der Waals surface area contributed by atoms with Gasteiger partial charge < -0.3 is 13.9 Å². The molecule has 2 rings (SSSR count). The molecule has 0 saturated heterocycles. The van der Waals surface area contributed by atoms with Crippen molar-refractivity contribution in [2.24, 2.45) is 0 Å². The first-order valence-electron chi connectivity index (χ1n) is 4.98. The molecule has 2 aromatic rings. The van der Waals surface area contributed by atoms with Gasteiger partial charge in [-0.25, -0.2) is 9.78 Å². The van der Waals surface area contributed by atoms with Gasteiger partial charge in [-0.15, -0.1) is 0 Å². The second-order valence-electron chi connectivity index (χ2n) is 3.30. The molecule has 88 valence electrons. The maximum atomic E-state index is 11.5. The van der Waals surface area contributed by atoms with Crippen molar-refractivity contribution < 1.29 is 18.7 Å². The van der Waals surface area contributed by atoms with Gasteiger partial charge in [-0.2, -0.15) is 0 Å². The van der Waals surface area contributed by atoms with Crippen LogP contribution in [0.15, 0.2) is 41.3 Å². The van der Waals surface area contributed by atoms with Crippen LogP contribution in [0.3, 0.4) is 0 Å². The second kappa shape index (κ2) is 5.16. The smallest absolute Gasteiger partial charge is 0.360 e. The summed E-state index contributed by atoms with van der Waals surface area (Å²) >= 11 is 0. The number of rotatable bonds is 4. The van der Waals surface area contributed by atoms with Crippen molar-refractivity contribution in [1.82, 2.24) is 4.98 Å². The number of carbonyl (C=O) groups is 1. The standard InChI is InChI=1S/C12H11NO4/c1-15-10-4-2-3-9(5-10)6-17-12(14)11-7-16-8-13-11/h2-5,7-8H,6H2,1H3. The minimum Gasteiger partial charge on any atom is -0.497 e. The fourth-order valence-corrected chi connectivity index (χ4v) is 1.30. The highest BCUT2D eigenvalue weighted by Crippen LogP contribution is 2.13. The Morgan fingerprint density at radius 1 is 1.47 bits per heavy atom. The number of hydrogen-bond acceptors (Lipinski definition) is 5. The third kappa shape index (κ3) is 2.84. The van der Waals surface area contributed by atoms with Gasteiger partial charge in [0.05, 0.1) is 7.11 Å². The molecule has 1 aromatic carbocycles. The fourth-order valence-electron chi connectivity index (χ4n) is 1.30. The monoisotopic (exact) mass is 233 g/mol. The van der Waals surface area contributed by atoms with E-state index in [1.807, 2.05) is 18.2 Å². The first-order valence-corrected chi connectivity index (χ1v) is 4.98. The summed E-state index contributed by atoms with van der Waals surface area (Å²) in [6.45, 7) is 0.170. The van der Waals surface area contributed by atoms with Crippen molar-refractivity contribution in [3.63, 3.8) is 0 Å². The van der Waals surface area contributed by atoms with E-state index >= 15 is 0 Å². The van der Waals surface area contributed by atoms with Gasteiger partial charge in [0.25, 0.3) is 0 Å². The number of ether oxygens (including phenoxy) is 2. The van der Waals surface area contributed by atoms with E-state index < -0.39 is 5.97 Å². The lowest BCUT2D eigenvalue weighted by Gasteiger charge is -2.04. The summed E-state index contributed by atoms with van der Waals surface area (Å²) in [6.07, 6.45) is 2.43. The van der Waals surface area contributed by atoms with Gasteiger partial charge >= 0.3 is 5.97 Å². The highest BCUT2D eigenvalue weighted by molar-refractivity contribution is 5.86. The summed E-state index contributed by atoms with van der Waals surface area (Å²) in [5, 5.41) is 0. The molecule has 0 aliphatic heterocycles. The fraction of sp³-hybridized carbons (Fsp3) is 0.167. The summed E-state index contributed by atoms with van der Waals surface area (Å²) in [6, 6.07) is 7.30. The van der Waals surface area contributed by atoms with Crippen LogP contribution in [-0.2, 0) is 11.3 Å². The van der Waals surface area contributed by atoms with Gasteiger partial charge in [0.1, 0.15) is 18.6 Å². The molecule has 0 atom stereocenters. The number of oxazole rings is 1. The maximum Gasteiger partial charge on any atom is 0.360 e. The predicted octanol–water partition coefficient (Wildman–Crippen LogP) is 2.04. The van der Waals surface area contributed by atoms with E-state index in [0.29, 0.717) is 0 Å². The predicted molar refractivity (Wildman–Crippen MR) is 58.6 cm³/mol. The average molecular weight is 233 g/mol. The van der Waals surface area contributed by atoms with Gasteiger partial charge in [0.15, 0.2) is 12.1 Å². The lowest BCUT2D eigenvalue weighted by atomic mass is 10.2. The minimum atomic E-state index is -0.512. The molecule has 0 aliphatic carbocycles. The van der Waals surface area contributed by atoms with Gasteiger partial charge in [-0.05, 0) is 17.7 Å². The number of nitrogens with zero attached hydrogens (tertiary/aromatic N) is 1. The Bertz CT molecular complexity index is 493. The summed E-state index contributed by atoms with van der Waals surface area (Å²) in [5.41, 5.74) is 1.01. The van der Waals surface area contributed by atoms with Gasteiger partial charge in [-0.3, -0.25) is 0 Å². The lowest BCUT2D eigenvalue weighted by molar-refractivity contribution is 0.0465. The first-order chi connectivity index (χ1) is 8.29. The molecule has 0 spiro atoms. The highest BCUT2D eigenvalue weighted by atomic mass is 16.5. The number of carbonyl (C=O) groups excluding carboxylic acids is 1. The van der Waals surface area contributed by atoms with Crippen molar-refractivity contribution in [3.8, 4) is 5.75 Å². The van der Waals surface area contributed by atoms with E-state index in [2.05, 4.69) is 4.98 Å². The number of methoxy groups -OCH3 is 1. The van der Waals surface area contributed by atoms with E-state index in [-0.39, 0.29) is 12.3 Å². The Morgan fingerprint density at radius 2 is 2.35 bits per heavy atom.